The molecule has 1 aromatic heterocycles. The van der Waals surface area contributed by atoms with E-state index in [1.165, 1.54) is 0 Å². The summed E-state index contributed by atoms with van der Waals surface area (Å²) < 4.78 is 32.9. The summed E-state index contributed by atoms with van der Waals surface area (Å²) in [5.74, 6) is 0.101. The number of hydrogen-bond donors (Lipinski definition) is 2. The van der Waals surface area contributed by atoms with Crippen molar-refractivity contribution >= 4 is 32.2 Å². The predicted octanol–water partition coefficient (Wildman–Crippen LogP) is 0.720. The van der Waals surface area contributed by atoms with E-state index in [1.54, 1.807) is 6.92 Å². The maximum atomic E-state index is 11.9. The minimum absolute atomic E-state index is 0.0193. The van der Waals surface area contributed by atoms with Gasteiger partial charge in [-0.3, -0.25) is 0 Å². The lowest BCUT2D eigenvalue weighted by Gasteiger charge is -2.11. The second kappa shape index (κ2) is 4.79. The number of anilines is 2. The number of sulfone groups is 1. The van der Waals surface area contributed by atoms with Crippen molar-refractivity contribution in [1.82, 2.24) is 4.37 Å². The Balaban J connectivity index is 2.29. The minimum atomic E-state index is -3.34. The molecule has 8 heteroatoms. The number of nitrogens with one attached hydrogen (secondary N) is 1. The van der Waals surface area contributed by atoms with Crippen LogP contribution in [-0.4, -0.2) is 37.8 Å². The number of ether oxygens (including phenoxy) is 1. The zero-order valence-electron chi connectivity index (χ0n) is 9.47. The summed E-state index contributed by atoms with van der Waals surface area (Å²) in [4.78, 5) is 0.136. The van der Waals surface area contributed by atoms with E-state index in [9.17, 15) is 8.42 Å². The van der Waals surface area contributed by atoms with Crippen LogP contribution in [0.2, 0.25) is 0 Å². The van der Waals surface area contributed by atoms with Gasteiger partial charge in [-0.25, -0.2) is 8.42 Å². The third-order valence-electron chi connectivity index (χ3n) is 2.63. The molecule has 96 valence electrons. The lowest BCUT2D eigenvalue weighted by Crippen LogP contribution is -2.20. The van der Waals surface area contributed by atoms with Crippen molar-refractivity contribution in [2.45, 2.75) is 24.3 Å². The number of hydrogen-bond acceptors (Lipinski definition) is 7. The van der Waals surface area contributed by atoms with E-state index in [0.29, 0.717) is 18.2 Å². The number of nitrogens with two attached hydrogens (primary N) is 1. The van der Waals surface area contributed by atoms with Crippen LogP contribution in [0, 0.1) is 0 Å². The van der Waals surface area contributed by atoms with Gasteiger partial charge in [0.15, 0.2) is 15.7 Å². The molecular weight excluding hydrogens is 262 g/mol. The number of nitrogens with zero attached hydrogens (tertiary/aromatic N) is 1. The third kappa shape index (κ3) is 2.53. The van der Waals surface area contributed by atoms with Gasteiger partial charge in [0.05, 0.1) is 18.4 Å². The fraction of sp³-hybridized carbons (Fsp3) is 0.667. The SMILES string of the molecule is CCS(=O)(=O)c1c(N)nsc1NC1CCOC1. The van der Waals surface area contributed by atoms with Gasteiger partial charge in [0.1, 0.15) is 9.90 Å². The summed E-state index contributed by atoms with van der Waals surface area (Å²) in [6, 6.07) is 0.139. The number of aromatic nitrogens is 1. The largest absolute Gasteiger partial charge is 0.382 e. The minimum Gasteiger partial charge on any atom is -0.382 e. The zero-order valence-corrected chi connectivity index (χ0v) is 11.1. The van der Waals surface area contributed by atoms with Crippen molar-refractivity contribution < 1.29 is 13.2 Å². The van der Waals surface area contributed by atoms with E-state index in [1.807, 2.05) is 0 Å². The van der Waals surface area contributed by atoms with Crippen molar-refractivity contribution in [3.8, 4) is 0 Å². The molecule has 0 bridgehead atoms. The summed E-state index contributed by atoms with van der Waals surface area (Å²) in [7, 11) is -3.34. The Morgan fingerprint density at radius 1 is 1.65 bits per heavy atom. The maximum absolute atomic E-state index is 11.9. The predicted molar refractivity (Wildman–Crippen MR) is 67.1 cm³/mol. The van der Waals surface area contributed by atoms with E-state index in [0.717, 1.165) is 18.0 Å². The van der Waals surface area contributed by atoms with E-state index in [4.69, 9.17) is 10.5 Å². The zero-order chi connectivity index (χ0) is 12.5. The monoisotopic (exact) mass is 277 g/mol. The average molecular weight is 277 g/mol. The van der Waals surface area contributed by atoms with Crippen molar-refractivity contribution in [3.05, 3.63) is 0 Å². The standard InChI is InChI=1S/C9H15N3O3S2/c1-2-17(13,14)7-8(10)12-16-9(7)11-6-3-4-15-5-6/h6,11H,2-5H2,1H3,(H2,10,12). The fourth-order valence-electron chi connectivity index (χ4n) is 1.66. The van der Waals surface area contributed by atoms with Crippen molar-refractivity contribution in [1.29, 1.82) is 0 Å². The first kappa shape index (κ1) is 12.6. The summed E-state index contributed by atoms with van der Waals surface area (Å²) in [5.41, 5.74) is 5.63. The molecule has 3 N–H and O–H groups in total. The van der Waals surface area contributed by atoms with Gasteiger partial charge >= 0.3 is 0 Å². The highest BCUT2D eigenvalue weighted by molar-refractivity contribution is 7.91. The third-order valence-corrected chi connectivity index (χ3v) is 5.35. The quantitative estimate of drug-likeness (QED) is 0.842. The lowest BCUT2D eigenvalue weighted by atomic mass is 10.3. The van der Waals surface area contributed by atoms with Gasteiger partial charge in [0.25, 0.3) is 0 Å². The van der Waals surface area contributed by atoms with Crippen LogP contribution in [0.4, 0.5) is 10.8 Å². The average Bonchev–Trinajstić information content (AvgIpc) is 2.89. The summed E-state index contributed by atoms with van der Waals surface area (Å²) in [6.07, 6.45) is 0.865. The van der Waals surface area contributed by atoms with Gasteiger partial charge in [-0.05, 0) is 18.0 Å². The van der Waals surface area contributed by atoms with E-state index < -0.39 is 9.84 Å². The lowest BCUT2D eigenvalue weighted by molar-refractivity contribution is 0.195. The molecule has 0 spiro atoms. The number of rotatable bonds is 4. The molecule has 0 aliphatic carbocycles. The molecule has 0 radical (unpaired) electrons. The molecule has 0 aromatic carbocycles. The highest BCUT2D eigenvalue weighted by atomic mass is 32.2. The topological polar surface area (TPSA) is 94.3 Å². The molecule has 2 heterocycles. The molecule has 1 aromatic rings. The normalized spacial score (nSPS) is 20.6. The van der Waals surface area contributed by atoms with Crippen LogP contribution in [0.15, 0.2) is 4.90 Å². The van der Waals surface area contributed by atoms with Gasteiger partial charge in [0, 0.05) is 6.61 Å². The summed E-state index contributed by atoms with van der Waals surface area (Å²) in [6.45, 7) is 2.88. The first-order chi connectivity index (χ1) is 8.04. The Hall–Kier alpha value is -0.860. The highest BCUT2D eigenvalue weighted by Gasteiger charge is 2.26. The van der Waals surface area contributed by atoms with Gasteiger partial charge in [-0.1, -0.05) is 6.92 Å². The smallest absolute Gasteiger partial charge is 0.184 e. The van der Waals surface area contributed by atoms with Crippen molar-refractivity contribution in [2.24, 2.45) is 0 Å². The van der Waals surface area contributed by atoms with Gasteiger partial charge in [0.2, 0.25) is 0 Å². The van der Waals surface area contributed by atoms with Crippen LogP contribution in [0.25, 0.3) is 0 Å². The molecule has 0 amide bonds. The van der Waals surface area contributed by atoms with E-state index in [-0.39, 0.29) is 22.5 Å². The molecule has 1 aliphatic rings. The van der Waals surface area contributed by atoms with Crippen LogP contribution in [-0.2, 0) is 14.6 Å². The van der Waals surface area contributed by atoms with Crippen LogP contribution in [0.1, 0.15) is 13.3 Å². The second-order valence-electron chi connectivity index (χ2n) is 3.83. The van der Waals surface area contributed by atoms with Crippen LogP contribution in [0.5, 0.6) is 0 Å². The maximum Gasteiger partial charge on any atom is 0.184 e. The van der Waals surface area contributed by atoms with E-state index in [2.05, 4.69) is 9.69 Å². The second-order valence-corrected chi connectivity index (χ2v) is 6.82. The molecule has 2 rings (SSSR count). The Morgan fingerprint density at radius 3 is 3.00 bits per heavy atom. The van der Waals surface area contributed by atoms with E-state index >= 15 is 0 Å². The molecule has 1 atom stereocenters. The highest BCUT2D eigenvalue weighted by Crippen LogP contribution is 2.33. The van der Waals surface area contributed by atoms with Gasteiger partial charge in [-0.15, -0.1) is 0 Å². The fourth-order valence-corrected chi connectivity index (χ4v) is 3.90. The molecule has 0 saturated carbocycles. The molecule has 1 fully saturated rings. The van der Waals surface area contributed by atoms with Crippen LogP contribution in [0.3, 0.4) is 0 Å². The van der Waals surface area contributed by atoms with Crippen LogP contribution >= 0.6 is 11.5 Å². The molecule has 1 unspecified atom stereocenters. The van der Waals surface area contributed by atoms with Crippen molar-refractivity contribution in [3.63, 3.8) is 0 Å². The van der Waals surface area contributed by atoms with Crippen LogP contribution < -0.4 is 11.1 Å². The summed E-state index contributed by atoms with van der Waals surface area (Å²) >= 11 is 1.08. The Labute approximate surface area is 104 Å². The Kier molecular flexibility index (Phi) is 3.55. The molecule has 1 saturated heterocycles. The molecule has 1 aliphatic heterocycles. The Morgan fingerprint density at radius 2 is 2.41 bits per heavy atom. The first-order valence-corrected chi connectivity index (χ1v) is 7.79. The van der Waals surface area contributed by atoms with Gasteiger partial charge < -0.3 is 15.8 Å². The molecular formula is C9H15N3O3S2. The first-order valence-electron chi connectivity index (χ1n) is 5.36. The van der Waals surface area contributed by atoms with Gasteiger partial charge in [-0.2, -0.15) is 4.37 Å². The van der Waals surface area contributed by atoms with Crippen molar-refractivity contribution in [2.75, 3.05) is 30.0 Å². The molecule has 6 nitrogen and oxygen atoms in total. The molecule has 17 heavy (non-hydrogen) atoms. The summed E-state index contributed by atoms with van der Waals surface area (Å²) in [5, 5.41) is 3.67. The number of nitrogen functional groups attached to an aromatic ring is 1. The Bertz CT molecular complexity index is 492.